The zero-order valence-corrected chi connectivity index (χ0v) is 13.5. The lowest BCUT2D eigenvalue weighted by Gasteiger charge is -2.09. The summed E-state index contributed by atoms with van der Waals surface area (Å²) in [6.45, 7) is 6.60. The maximum absolute atomic E-state index is 12.4. The topological polar surface area (TPSA) is 86.6 Å². The number of carboxylic acids is 1. The fraction of sp³-hybridized carbons (Fsp3) is 0.222. The number of rotatable bonds is 5. The lowest BCUT2D eigenvalue weighted by molar-refractivity contribution is 0.0692. The number of aromatic carboxylic acids is 1. The summed E-state index contributed by atoms with van der Waals surface area (Å²) in [5.74, 6) is -1.88. The van der Waals surface area contributed by atoms with Crippen LogP contribution in [-0.2, 0) is 0 Å². The predicted octanol–water partition coefficient (Wildman–Crippen LogP) is 3.78. The predicted molar refractivity (Wildman–Crippen MR) is 90.5 cm³/mol. The maximum atomic E-state index is 12.4. The quantitative estimate of drug-likeness (QED) is 0.731. The van der Waals surface area contributed by atoms with E-state index in [1.165, 1.54) is 24.3 Å². The van der Waals surface area contributed by atoms with E-state index in [1.807, 2.05) is 20.8 Å². The normalized spacial score (nSPS) is 9.52. The molecule has 0 amide bonds. The van der Waals surface area contributed by atoms with Crippen molar-refractivity contribution in [2.45, 2.75) is 20.8 Å². The van der Waals surface area contributed by atoms with Crippen molar-refractivity contribution < 1.29 is 19.8 Å². The highest BCUT2D eigenvalue weighted by Crippen LogP contribution is 2.25. The molecule has 0 saturated carbocycles. The van der Waals surface area contributed by atoms with Gasteiger partial charge in [-0.1, -0.05) is 32.0 Å². The Kier molecular flexibility index (Phi) is 6.80. The molecule has 0 atom stereocenters. The Morgan fingerprint density at radius 3 is 2.13 bits per heavy atom. The number of nitrogens with one attached hydrogen (secondary N) is 1. The number of carbonyl (C=O) groups is 2. The van der Waals surface area contributed by atoms with Crippen molar-refractivity contribution >= 4 is 17.4 Å². The highest BCUT2D eigenvalue weighted by atomic mass is 16.4. The van der Waals surface area contributed by atoms with Gasteiger partial charge in [0.15, 0.2) is 5.78 Å². The van der Waals surface area contributed by atoms with E-state index in [2.05, 4.69) is 5.32 Å². The fourth-order valence-corrected chi connectivity index (χ4v) is 2.05. The number of anilines is 1. The number of benzene rings is 2. The van der Waals surface area contributed by atoms with E-state index < -0.39 is 11.8 Å². The van der Waals surface area contributed by atoms with Gasteiger partial charge in [0.25, 0.3) is 0 Å². The summed E-state index contributed by atoms with van der Waals surface area (Å²) in [4.78, 5) is 23.6. The molecule has 0 radical (unpaired) electrons. The highest BCUT2D eigenvalue weighted by molar-refractivity contribution is 6.15. The molecule has 5 nitrogen and oxygen atoms in total. The van der Waals surface area contributed by atoms with Crippen molar-refractivity contribution in [1.82, 2.24) is 0 Å². The molecule has 2 rings (SSSR count). The summed E-state index contributed by atoms with van der Waals surface area (Å²) >= 11 is 0. The molecule has 0 saturated heterocycles. The van der Waals surface area contributed by atoms with Crippen LogP contribution < -0.4 is 5.32 Å². The van der Waals surface area contributed by atoms with Gasteiger partial charge < -0.3 is 15.5 Å². The minimum absolute atomic E-state index is 0.0523. The number of hydrogen-bond donors (Lipinski definition) is 3. The largest absolute Gasteiger partial charge is 0.507 e. The molecule has 0 spiro atoms. The highest BCUT2D eigenvalue weighted by Gasteiger charge is 2.19. The third-order valence-corrected chi connectivity index (χ3v) is 3.03. The van der Waals surface area contributed by atoms with E-state index >= 15 is 0 Å². The molecule has 0 heterocycles. The van der Waals surface area contributed by atoms with Crippen molar-refractivity contribution in [3.63, 3.8) is 0 Å². The molecule has 3 N–H and O–H groups in total. The van der Waals surface area contributed by atoms with Gasteiger partial charge in [-0.15, -0.1) is 0 Å². The first kappa shape index (κ1) is 18.2. The molecule has 0 aromatic heterocycles. The Balaban J connectivity index is 0.00000127. The van der Waals surface area contributed by atoms with Crippen LogP contribution >= 0.6 is 0 Å². The van der Waals surface area contributed by atoms with Gasteiger partial charge in [0.2, 0.25) is 0 Å². The molecular formula is C18H21NO4. The Labute approximate surface area is 135 Å². The molecule has 0 fully saturated rings. The van der Waals surface area contributed by atoms with E-state index in [-0.39, 0.29) is 22.4 Å². The maximum Gasteiger partial charge on any atom is 0.336 e. The zero-order chi connectivity index (χ0) is 17.4. The van der Waals surface area contributed by atoms with Crippen LogP contribution in [0.2, 0.25) is 0 Å². The van der Waals surface area contributed by atoms with Crippen LogP contribution in [0.5, 0.6) is 5.75 Å². The Bertz CT molecular complexity index is 695. The van der Waals surface area contributed by atoms with Crippen molar-refractivity contribution in [2.75, 3.05) is 11.9 Å². The number of carboxylic acid groups (broad SMARTS) is 1. The van der Waals surface area contributed by atoms with E-state index in [0.717, 1.165) is 0 Å². The van der Waals surface area contributed by atoms with Crippen LogP contribution in [0.1, 0.15) is 47.1 Å². The molecule has 2 aromatic carbocycles. The minimum Gasteiger partial charge on any atom is -0.507 e. The van der Waals surface area contributed by atoms with Gasteiger partial charge in [-0.3, -0.25) is 4.79 Å². The summed E-state index contributed by atoms with van der Waals surface area (Å²) in [6, 6.07) is 10.5. The van der Waals surface area contributed by atoms with Gasteiger partial charge >= 0.3 is 5.97 Å². The summed E-state index contributed by atoms with van der Waals surface area (Å²) < 4.78 is 0. The number of ketones is 1. The summed E-state index contributed by atoms with van der Waals surface area (Å²) in [5.41, 5.74) is 0.734. The van der Waals surface area contributed by atoms with Crippen molar-refractivity contribution in [2.24, 2.45) is 0 Å². The summed E-state index contributed by atoms with van der Waals surface area (Å²) in [5, 5.41) is 22.1. The number of hydrogen-bond acceptors (Lipinski definition) is 4. The number of aromatic hydroxyl groups is 1. The minimum atomic E-state index is -1.18. The van der Waals surface area contributed by atoms with E-state index in [9.17, 15) is 14.7 Å². The molecule has 0 aliphatic rings. The first-order chi connectivity index (χ1) is 11.0. The molecule has 0 aliphatic carbocycles. The van der Waals surface area contributed by atoms with Gasteiger partial charge in [-0.2, -0.15) is 0 Å². The summed E-state index contributed by atoms with van der Waals surface area (Å²) in [6.07, 6.45) is 0. The van der Waals surface area contributed by atoms with Crippen molar-refractivity contribution in [3.05, 3.63) is 59.2 Å². The molecule has 5 heteroatoms. The average Bonchev–Trinajstić information content (AvgIpc) is 2.56. The van der Waals surface area contributed by atoms with Crippen LogP contribution in [0.4, 0.5) is 5.69 Å². The van der Waals surface area contributed by atoms with Gasteiger partial charge in [0.1, 0.15) is 5.75 Å². The van der Waals surface area contributed by atoms with Crippen LogP contribution in [0.15, 0.2) is 42.5 Å². The van der Waals surface area contributed by atoms with Gasteiger partial charge in [-0.25, -0.2) is 4.79 Å². The molecule has 0 unspecified atom stereocenters. The number of phenolic OH excluding ortho intramolecular Hbond substituents is 1. The third-order valence-electron chi connectivity index (χ3n) is 3.03. The fourth-order valence-electron chi connectivity index (χ4n) is 2.05. The summed E-state index contributed by atoms with van der Waals surface area (Å²) in [7, 11) is 0. The molecule has 23 heavy (non-hydrogen) atoms. The smallest absolute Gasteiger partial charge is 0.336 e. The molecule has 2 aromatic rings. The van der Waals surface area contributed by atoms with Crippen LogP contribution in [0.3, 0.4) is 0 Å². The Morgan fingerprint density at radius 2 is 1.61 bits per heavy atom. The number of phenols is 1. The lowest BCUT2D eigenvalue weighted by Crippen LogP contribution is -2.10. The third kappa shape index (κ3) is 4.32. The van der Waals surface area contributed by atoms with Crippen molar-refractivity contribution in [3.8, 4) is 5.75 Å². The first-order valence-electron chi connectivity index (χ1n) is 7.48. The molecule has 122 valence electrons. The number of carbonyl (C=O) groups excluding carboxylic acids is 1. The second-order valence-corrected chi connectivity index (χ2v) is 4.44. The molecular weight excluding hydrogens is 294 g/mol. The average molecular weight is 315 g/mol. The second kappa shape index (κ2) is 8.58. The van der Waals surface area contributed by atoms with Crippen LogP contribution in [-0.4, -0.2) is 28.5 Å². The van der Waals surface area contributed by atoms with E-state index in [1.54, 1.807) is 18.2 Å². The molecule has 0 bridgehead atoms. The monoisotopic (exact) mass is 315 g/mol. The second-order valence-electron chi connectivity index (χ2n) is 4.44. The van der Waals surface area contributed by atoms with E-state index in [0.29, 0.717) is 12.2 Å². The molecule has 0 aliphatic heterocycles. The Hall–Kier alpha value is -2.82. The standard InChI is InChI=1S/C16H15NO4.C2H6/c1-2-17-10-7-8-13(14(18)9-10)15(19)11-5-3-4-6-12(11)16(20)21;1-2/h3-9,17-18H,2H2,1H3,(H,20,21);1-2H3. The Morgan fingerprint density at radius 1 is 1.00 bits per heavy atom. The zero-order valence-electron chi connectivity index (χ0n) is 13.5. The van der Waals surface area contributed by atoms with Crippen LogP contribution in [0.25, 0.3) is 0 Å². The SMILES string of the molecule is CC.CCNc1ccc(C(=O)c2ccccc2C(=O)O)c(O)c1. The van der Waals surface area contributed by atoms with E-state index in [4.69, 9.17) is 5.11 Å². The van der Waals surface area contributed by atoms with Crippen LogP contribution in [0, 0.1) is 0 Å². The lowest BCUT2D eigenvalue weighted by atomic mass is 9.97. The van der Waals surface area contributed by atoms with Gasteiger partial charge in [0.05, 0.1) is 11.1 Å². The van der Waals surface area contributed by atoms with Crippen molar-refractivity contribution in [1.29, 1.82) is 0 Å². The first-order valence-corrected chi connectivity index (χ1v) is 7.48. The van der Waals surface area contributed by atoms with Gasteiger partial charge in [-0.05, 0) is 25.1 Å². The van der Waals surface area contributed by atoms with Gasteiger partial charge in [0, 0.05) is 23.9 Å².